The van der Waals surface area contributed by atoms with Gasteiger partial charge in [-0.05, 0) is 117 Å². The van der Waals surface area contributed by atoms with Crippen LogP contribution in [0.15, 0.2) is 176 Å². The smallest absolute Gasteiger partial charge is 0.311 e. The molecule has 0 aliphatic carbocycles. The van der Waals surface area contributed by atoms with Crippen LogP contribution in [0.25, 0.3) is 0 Å². The van der Waals surface area contributed by atoms with Gasteiger partial charge < -0.3 is 28.4 Å². The summed E-state index contributed by atoms with van der Waals surface area (Å²) in [5.41, 5.74) is 6.49. The van der Waals surface area contributed by atoms with Gasteiger partial charge in [-0.25, -0.2) is 0 Å². The summed E-state index contributed by atoms with van der Waals surface area (Å²) in [6.07, 6.45) is 6.27. The minimum atomic E-state index is -0.750. The molecule has 1 atom stereocenters. The molecule has 1 aliphatic heterocycles. The first-order valence-electron chi connectivity index (χ1n) is 26.5. The quantitative estimate of drug-likeness (QED) is 0.0378. The van der Waals surface area contributed by atoms with Gasteiger partial charge in [0.15, 0.2) is 11.5 Å². The summed E-state index contributed by atoms with van der Waals surface area (Å²) in [6.45, 7) is 0. The number of carbonyl (C=O) groups is 5. The number of benzene rings is 7. The van der Waals surface area contributed by atoms with E-state index in [9.17, 15) is 24.0 Å². The number of rotatable bonds is 26. The largest absolute Gasteiger partial charge is 0.485 e. The topological polar surface area (TPSA) is 141 Å². The van der Waals surface area contributed by atoms with E-state index in [-0.39, 0.29) is 60.9 Å². The fourth-order valence-electron chi connectivity index (χ4n) is 9.13. The van der Waals surface area contributed by atoms with Crippen molar-refractivity contribution in [1.29, 1.82) is 0 Å². The Labute approximate surface area is 445 Å². The van der Waals surface area contributed by atoms with Gasteiger partial charge in [0.25, 0.3) is 0 Å². The molecule has 0 saturated heterocycles. The van der Waals surface area contributed by atoms with Crippen LogP contribution >= 0.6 is 0 Å². The summed E-state index contributed by atoms with van der Waals surface area (Å²) < 4.78 is 36.9. The van der Waals surface area contributed by atoms with Gasteiger partial charge in [0.05, 0.1) is 0 Å². The molecule has 0 fully saturated rings. The average Bonchev–Trinajstić information content (AvgIpc) is 3.43. The summed E-state index contributed by atoms with van der Waals surface area (Å²) in [4.78, 5) is 68.1. The second-order valence-electron chi connectivity index (χ2n) is 19.0. The molecule has 7 aromatic rings. The Morgan fingerprint density at radius 3 is 1.08 bits per heavy atom. The number of esters is 5. The number of hydrogen-bond acceptors (Lipinski definition) is 11. The van der Waals surface area contributed by atoms with Crippen molar-refractivity contribution in [2.45, 2.75) is 115 Å². The summed E-state index contributed by atoms with van der Waals surface area (Å²) in [7, 11) is 0. The Balaban J connectivity index is 1.07. The molecule has 0 amide bonds. The third-order valence-corrected chi connectivity index (χ3v) is 13.0. The van der Waals surface area contributed by atoms with Crippen molar-refractivity contribution in [3.8, 4) is 34.5 Å². The maximum atomic E-state index is 13.8. The molecule has 0 bridgehead atoms. The molecule has 11 nitrogen and oxygen atoms in total. The Bertz CT molecular complexity index is 2920. The van der Waals surface area contributed by atoms with Crippen molar-refractivity contribution in [2.75, 3.05) is 0 Å². The molecule has 0 spiro atoms. The van der Waals surface area contributed by atoms with Crippen LogP contribution in [0.2, 0.25) is 0 Å². The lowest BCUT2D eigenvalue weighted by Gasteiger charge is -2.29. The van der Waals surface area contributed by atoms with Crippen LogP contribution in [0.4, 0.5) is 0 Å². The van der Waals surface area contributed by atoms with E-state index in [1.807, 2.05) is 152 Å². The zero-order chi connectivity index (χ0) is 52.7. The van der Waals surface area contributed by atoms with Crippen molar-refractivity contribution >= 4 is 29.8 Å². The third kappa shape index (κ3) is 17.1. The predicted molar refractivity (Wildman–Crippen MR) is 290 cm³/mol. The van der Waals surface area contributed by atoms with Crippen molar-refractivity contribution in [2.24, 2.45) is 0 Å². The molecular weight excluding hydrogens is 957 g/mol. The van der Waals surface area contributed by atoms with Gasteiger partial charge in [0.1, 0.15) is 23.4 Å². The third-order valence-electron chi connectivity index (χ3n) is 13.0. The summed E-state index contributed by atoms with van der Waals surface area (Å²) in [5, 5.41) is 0. The summed E-state index contributed by atoms with van der Waals surface area (Å²) in [5.74, 6) is -2.39. The minimum Gasteiger partial charge on any atom is -0.485 e. The van der Waals surface area contributed by atoms with Crippen molar-refractivity contribution in [1.82, 2.24) is 0 Å². The SMILES string of the molecule is O=C(CCCc1ccccc1)Oc1cc(OC(=O)CCCc2ccccc2)c2c(c1)OC(c1cc(OC(=O)CCCc3ccccc3)c(OC(=O)CCCc3ccccc3)c(OC(=O)CCCc3ccccc3)c1)CC2. The van der Waals surface area contributed by atoms with Crippen LogP contribution < -0.4 is 28.4 Å². The maximum Gasteiger partial charge on any atom is 0.311 e. The fourth-order valence-corrected chi connectivity index (χ4v) is 9.13. The number of hydrogen-bond donors (Lipinski definition) is 0. The maximum absolute atomic E-state index is 13.8. The highest BCUT2D eigenvalue weighted by Crippen LogP contribution is 2.47. The van der Waals surface area contributed by atoms with Gasteiger partial charge in [-0.2, -0.15) is 0 Å². The lowest BCUT2D eigenvalue weighted by Crippen LogP contribution is -2.19. The van der Waals surface area contributed by atoms with E-state index in [2.05, 4.69) is 0 Å². The highest BCUT2D eigenvalue weighted by Gasteiger charge is 2.31. The van der Waals surface area contributed by atoms with Crippen LogP contribution in [0.1, 0.15) is 116 Å². The standard InChI is InChI=1S/C65H64O11/c66-60(36-16-31-47-21-6-1-7-22-47)71-53-45-56-54(57(46-53)73-61(67)37-17-32-48-23-8-2-9-24-48)41-42-55(72-56)52-43-58(74-62(68)38-18-33-49-25-10-3-11-26-49)65(76-64(70)40-20-35-51-29-14-5-15-30-51)59(44-52)75-63(69)39-19-34-50-27-12-4-13-28-50/h1-15,21-30,43-46,55H,16-20,31-42H2. The van der Waals surface area contributed by atoms with E-state index in [4.69, 9.17) is 28.4 Å². The van der Waals surface area contributed by atoms with Gasteiger partial charge in [-0.3, -0.25) is 24.0 Å². The van der Waals surface area contributed by atoms with Crippen LogP contribution in [-0.4, -0.2) is 29.8 Å². The molecular formula is C65H64O11. The first-order valence-corrected chi connectivity index (χ1v) is 26.5. The van der Waals surface area contributed by atoms with Crippen LogP contribution in [0.3, 0.4) is 0 Å². The van der Waals surface area contributed by atoms with E-state index in [1.165, 1.54) is 0 Å². The van der Waals surface area contributed by atoms with Crippen molar-refractivity contribution in [3.63, 3.8) is 0 Å². The molecule has 0 aromatic heterocycles. The number of ether oxygens (including phenoxy) is 6. The zero-order valence-corrected chi connectivity index (χ0v) is 42.8. The van der Waals surface area contributed by atoms with E-state index < -0.39 is 36.0 Å². The van der Waals surface area contributed by atoms with Gasteiger partial charge in [-0.15, -0.1) is 0 Å². The molecule has 8 rings (SSSR count). The monoisotopic (exact) mass is 1020 g/mol. The van der Waals surface area contributed by atoms with Crippen LogP contribution in [0.5, 0.6) is 34.5 Å². The van der Waals surface area contributed by atoms with E-state index in [0.717, 1.165) is 27.8 Å². The van der Waals surface area contributed by atoms with E-state index in [0.29, 0.717) is 93.9 Å². The molecule has 0 radical (unpaired) electrons. The van der Waals surface area contributed by atoms with Gasteiger partial charge in [-0.1, -0.05) is 152 Å². The molecule has 1 aliphatic rings. The van der Waals surface area contributed by atoms with Gasteiger partial charge in [0, 0.05) is 55.4 Å². The molecule has 0 N–H and O–H groups in total. The predicted octanol–water partition coefficient (Wildman–Crippen LogP) is 13.4. The second kappa shape index (κ2) is 28.4. The van der Waals surface area contributed by atoms with Crippen molar-refractivity contribution in [3.05, 3.63) is 215 Å². The lowest BCUT2D eigenvalue weighted by molar-refractivity contribution is -0.138. The van der Waals surface area contributed by atoms with Gasteiger partial charge in [0.2, 0.25) is 5.75 Å². The number of carbonyl (C=O) groups excluding carboxylic acids is 5. The minimum absolute atomic E-state index is 0.0357. The molecule has 390 valence electrons. The Hall–Kier alpha value is -8.31. The van der Waals surface area contributed by atoms with Crippen LogP contribution in [0, 0.1) is 0 Å². The van der Waals surface area contributed by atoms with E-state index in [1.54, 1.807) is 24.3 Å². The molecule has 7 aromatic carbocycles. The van der Waals surface area contributed by atoms with Crippen molar-refractivity contribution < 1.29 is 52.4 Å². The normalized spacial score (nSPS) is 12.6. The Morgan fingerprint density at radius 1 is 0.382 bits per heavy atom. The summed E-state index contributed by atoms with van der Waals surface area (Å²) >= 11 is 0. The molecule has 1 heterocycles. The molecule has 0 saturated carbocycles. The average molecular weight is 1020 g/mol. The first kappa shape index (κ1) is 54.0. The van der Waals surface area contributed by atoms with E-state index >= 15 is 0 Å². The lowest BCUT2D eigenvalue weighted by atomic mass is 9.96. The zero-order valence-electron chi connectivity index (χ0n) is 42.8. The Morgan fingerprint density at radius 2 is 0.711 bits per heavy atom. The first-order chi connectivity index (χ1) is 37.2. The second-order valence-corrected chi connectivity index (χ2v) is 19.0. The highest BCUT2D eigenvalue weighted by molar-refractivity contribution is 5.80. The fraction of sp³-hybridized carbons (Fsp3) is 0.277. The Kier molecular flexibility index (Phi) is 20.2. The van der Waals surface area contributed by atoms with Gasteiger partial charge >= 0.3 is 29.8 Å². The molecule has 11 heteroatoms. The number of fused-ring (bicyclic) bond motifs is 1. The molecule has 1 unspecified atom stereocenters. The van der Waals surface area contributed by atoms with Crippen LogP contribution in [-0.2, 0) is 62.5 Å². The molecule has 76 heavy (non-hydrogen) atoms. The number of aryl methyl sites for hydroxylation is 5. The highest BCUT2D eigenvalue weighted by atomic mass is 16.6. The summed E-state index contributed by atoms with van der Waals surface area (Å²) in [6, 6.07) is 55.5.